The third kappa shape index (κ3) is 8.74. The van der Waals surface area contributed by atoms with Crippen molar-refractivity contribution in [3.63, 3.8) is 0 Å². The highest BCUT2D eigenvalue weighted by Crippen LogP contribution is 2.10. The van der Waals surface area contributed by atoms with E-state index in [0.29, 0.717) is 12.0 Å². The van der Waals surface area contributed by atoms with Gasteiger partial charge in [-0.25, -0.2) is 9.59 Å². The van der Waals surface area contributed by atoms with Crippen molar-refractivity contribution in [2.24, 2.45) is 0 Å². The number of amides is 1. The lowest BCUT2D eigenvalue weighted by Gasteiger charge is -2.22. The van der Waals surface area contributed by atoms with Crippen molar-refractivity contribution in [3.05, 3.63) is 60.2 Å². The minimum Gasteiger partial charge on any atom is -0.458 e. The zero-order valence-corrected chi connectivity index (χ0v) is 15.4. The molecule has 1 rings (SSSR count). The number of ether oxygens (including phenoxy) is 2. The predicted molar refractivity (Wildman–Crippen MR) is 98.2 cm³/mol. The Morgan fingerprint density at radius 1 is 1.24 bits per heavy atom. The molecule has 0 spiro atoms. The lowest BCUT2D eigenvalue weighted by Crippen LogP contribution is -2.39. The lowest BCUT2D eigenvalue weighted by molar-refractivity contribution is -0.137. The summed E-state index contributed by atoms with van der Waals surface area (Å²) < 4.78 is 10.3. The van der Waals surface area contributed by atoms with Gasteiger partial charge in [0.25, 0.3) is 0 Å². The van der Waals surface area contributed by atoms with E-state index in [2.05, 4.69) is 11.9 Å². The highest BCUT2D eigenvalue weighted by molar-refractivity contribution is 5.88. The molecule has 0 saturated heterocycles. The second kappa shape index (κ2) is 9.67. The SMILES string of the molecule is C=CCOC(=O)/C(C)=C/[C@H](Cc1ccccc1)NC(=O)OC(C)(C)C. The zero-order chi connectivity index (χ0) is 18.9. The van der Waals surface area contributed by atoms with Crippen LogP contribution in [0.2, 0.25) is 0 Å². The second-order valence-electron chi connectivity index (χ2n) is 6.68. The Labute approximate surface area is 149 Å². The molecule has 0 aliphatic rings. The first-order valence-electron chi connectivity index (χ1n) is 8.21. The van der Waals surface area contributed by atoms with Crippen LogP contribution in [0.3, 0.4) is 0 Å². The van der Waals surface area contributed by atoms with Crippen molar-refractivity contribution >= 4 is 12.1 Å². The van der Waals surface area contributed by atoms with Crippen LogP contribution in [0.4, 0.5) is 4.79 Å². The molecule has 0 aliphatic heterocycles. The maximum Gasteiger partial charge on any atom is 0.408 e. The van der Waals surface area contributed by atoms with Crippen LogP contribution >= 0.6 is 0 Å². The first kappa shape index (κ1) is 20.5. The van der Waals surface area contributed by atoms with Gasteiger partial charge < -0.3 is 14.8 Å². The summed E-state index contributed by atoms with van der Waals surface area (Å²) in [5.74, 6) is -0.441. The number of rotatable bonds is 7. The van der Waals surface area contributed by atoms with Gasteiger partial charge in [0.05, 0.1) is 6.04 Å². The highest BCUT2D eigenvalue weighted by atomic mass is 16.6. The largest absolute Gasteiger partial charge is 0.458 e. The maximum atomic E-state index is 12.1. The molecule has 136 valence electrons. The van der Waals surface area contributed by atoms with E-state index >= 15 is 0 Å². The number of esters is 1. The minimum atomic E-state index is -0.594. The van der Waals surface area contributed by atoms with E-state index in [4.69, 9.17) is 9.47 Å². The van der Waals surface area contributed by atoms with E-state index in [9.17, 15) is 9.59 Å². The molecule has 0 fully saturated rings. The Morgan fingerprint density at radius 2 is 1.88 bits per heavy atom. The van der Waals surface area contributed by atoms with Crippen molar-refractivity contribution in [1.29, 1.82) is 0 Å². The van der Waals surface area contributed by atoms with E-state index in [1.807, 2.05) is 30.3 Å². The molecule has 0 bridgehead atoms. The molecule has 0 unspecified atom stereocenters. The van der Waals surface area contributed by atoms with Crippen molar-refractivity contribution in [3.8, 4) is 0 Å². The van der Waals surface area contributed by atoms with Gasteiger partial charge in [-0.1, -0.05) is 49.1 Å². The molecule has 1 amide bonds. The van der Waals surface area contributed by atoms with Crippen molar-refractivity contribution in [1.82, 2.24) is 5.32 Å². The Balaban J connectivity index is 2.88. The Kier molecular flexibility index (Phi) is 7.92. The summed E-state index contributed by atoms with van der Waals surface area (Å²) in [6, 6.07) is 9.30. The van der Waals surface area contributed by atoms with E-state index in [1.165, 1.54) is 6.08 Å². The lowest BCUT2D eigenvalue weighted by atomic mass is 10.0. The molecule has 1 atom stereocenters. The summed E-state index contributed by atoms with van der Waals surface area (Å²) in [7, 11) is 0. The van der Waals surface area contributed by atoms with Crippen LogP contribution in [0, 0.1) is 0 Å². The number of alkyl carbamates (subject to hydrolysis) is 1. The first-order valence-corrected chi connectivity index (χ1v) is 8.21. The monoisotopic (exact) mass is 345 g/mol. The third-order valence-electron chi connectivity index (χ3n) is 3.11. The molecule has 0 saturated carbocycles. The number of carbonyl (C=O) groups excluding carboxylic acids is 2. The summed E-state index contributed by atoms with van der Waals surface area (Å²) in [4.78, 5) is 24.0. The Bertz CT molecular complexity index is 614. The molecule has 0 heterocycles. The Morgan fingerprint density at radius 3 is 2.44 bits per heavy atom. The number of benzene rings is 1. The number of hydrogen-bond donors (Lipinski definition) is 1. The minimum absolute atomic E-state index is 0.146. The van der Waals surface area contributed by atoms with Crippen LogP contribution in [0.5, 0.6) is 0 Å². The molecule has 1 aromatic rings. The smallest absolute Gasteiger partial charge is 0.408 e. The summed E-state index contributed by atoms with van der Waals surface area (Å²) in [6.07, 6.45) is 3.19. The van der Waals surface area contributed by atoms with Gasteiger partial charge in [-0.05, 0) is 39.7 Å². The fourth-order valence-corrected chi connectivity index (χ4v) is 2.10. The molecule has 5 heteroatoms. The number of nitrogens with one attached hydrogen (secondary N) is 1. The molecule has 0 aliphatic carbocycles. The maximum absolute atomic E-state index is 12.1. The molecule has 0 radical (unpaired) electrons. The highest BCUT2D eigenvalue weighted by Gasteiger charge is 2.19. The van der Waals surface area contributed by atoms with E-state index in [-0.39, 0.29) is 6.61 Å². The standard InChI is InChI=1S/C20H27NO4/c1-6-12-24-18(22)15(2)13-17(14-16-10-8-7-9-11-16)21-19(23)25-20(3,4)5/h6-11,13,17H,1,12,14H2,2-5H3,(H,21,23)/b15-13+/t17-/m1/s1. The van der Waals surface area contributed by atoms with Gasteiger partial charge in [0, 0.05) is 5.57 Å². The van der Waals surface area contributed by atoms with Gasteiger partial charge >= 0.3 is 12.1 Å². The van der Waals surface area contributed by atoms with Gasteiger partial charge in [-0.15, -0.1) is 0 Å². The average Bonchev–Trinajstić information content (AvgIpc) is 2.51. The van der Waals surface area contributed by atoms with Gasteiger partial charge in [0.1, 0.15) is 12.2 Å². The summed E-state index contributed by atoms with van der Waals surface area (Å²) in [6.45, 7) is 10.7. The predicted octanol–water partition coefficient (Wildman–Crippen LogP) is 3.80. The van der Waals surface area contributed by atoms with Crippen molar-refractivity contribution in [2.75, 3.05) is 6.61 Å². The molecule has 0 aromatic heterocycles. The third-order valence-corrected chi connectivity index (χ3v) is 3.11. The molecule has 1 aromatic carbocycles. The van der Waals surface area contributed by atoms with Crippen molar-refractivity contribution < 1.29 is 19.1 Å². The van der Waals surface area contributed by atoms with Gasteiger partial charge in [-0.2, -0.15) is 0 Å². The molecular formula is C20H27NO4. The molecular weight excluding hydrogens is 318 g/mol. The van der Waals surface area contributed by atoms with Gasteiger partial charge in [-0.3, -0.25) is 0 Å². The topological polar surface area (TPSA) is 64.6 Å². The van der Waals surface area contributed by atoms with Crippen LogP contribution in [-0.2, 0) is 20.7 Å². The molecule has 1 N–H and O–H groups in total. The average molecular weight is 345 g/mol. The quantitative estimate of drug-likeness (QED) is 0.464. The van der Waals surface area contributed by atoms with Crippen LogP contribution in [0.25, 0.3) is 0 Å². The van der Waals surface area contributed by atoms with E-state index in [0.717, 1.165) is 5.56 Å². The van der Waals surface area contributed by atoms with Crippen LogP contribution in [0.15, 0.2) is 54.6 Å². The summed E-state index contributed by atoms with van der Waals surface area (Å²) in [5, 5.41) is 2.80. The zero-order valence-electron chi connectivity index (χ0n) is 15.4. The van der Waals surface area contributed by atoms with Crippen molar-refractivity contribution in [2.45, 2.75) is 45.8 Å². The van der Waals surface area contributed by atoms with Crippen LogP contribution in [0.1, 0.15) is 33.3 Å². The van der Waals surface area contributed by atoms with E-state index in [1.54, 1.807) is 33.8 Å². The first-order chi connectivity index (χ1) is 11.7. The molecule has 25 heavy (non-hydrogen) atoms. The molecule has 5 nitrogen and oxygen atoms in total. The fraction of sp³-hybridized carbons (Fsp3) is 0.400. The van der Waals surface area contributed by atoms with Gasteiger partial charge in [0.15, 0.2) is 0 Å². The number of carbonyl (C=O) groups is 2. The summed E-state index contributed by atoms with van der Waals surface area (Å²) >= 11 is 0. The second-order valence-corrected chi connectivity index (χ2v) is 6.68. The van der Waals surface area contributed by atoms with Crippen LogP contribution in [-0.4, -0.2) is 30.3 Å². The van der Waals surface area contributed by atoms with Gasteiger partial charge in [0.2, 0.25) is 0 Å². The summed E-state index contributed by atoms with van der Waals surface area (Å²) in [5.41, 5.74) is 0.856. The fourth-order valence-electron chi connectivity index (χ4n) is 2.10. The van der Waals surface area contributed by atoms with Crippen LogP contribution < -0.4 is 5.32 Å². The van der Waals surface area contributed by atoms with E-state index < -0.39 is 23.7 Å². The number of hydrogen-bond acceptors (Lipinski definition) is 4. The normalized spacial score (nSPS) is 12.9. The Hall–Kier alpha value is -2.56.